The van der Waals surface area contributed by atoms with E-state index in [-0.39, 0.29) is 12.6 Å². The van der Waals surface area contributed by atoms with Gasteiger partial charge in [-0.1, -0.05) is 0 Å². The summed E-state index contributed by atoms with van der Waals surface area (Å²) in [6.07, 6.45) is -1.02. The monoisotopic (exact) mass is 393 g/mol. The van der Waals surface area contributed by atoms with Crippen molar-refractivity contribution in [3.8, 4) is 0 Å². The van der Waals surface area contributed by atoms with Crippen LogP contribution >= 0.6 is 0 Å². The minimum absolute atomic E-state index is 0.0179. The summed E-state index contributed by atoms with van der Waals surface area (Å²) in [5.74, 6) is -1.74. The molecule has 1 fully saturated rings. The third kappa shape index (κ3) is 4.01. The number of rotatable bonds is 5. The SMILES string of the molecule is CC(=O)OC[C@H]1O[C@@H](n2cnc3cnc(N)nc32)[C@@H](OC(C)=O)[C@H]1OC(C)=O. The Kier molecular flexibility index (Phi) is 5.40. The maximum absolute atomic E-state index is 11.7. The van der Waals surface area contributed by atoms with Crippen molar-refractivity contribution in [2.45, 2.75) is 45.3 Å². The third-order valence-electron chi connectivity index (χ3n) is 3.95. The Bertz CT molecular complexity index is 914. The van der Waals surface area contributed by atoms with Crippen molar-refractivity contribution in [3.63, 3.8) is 0 Å². The predicted octanol–water partition coefficient (Wildman–Crippen LogP) is -0.268. The summed E-state index contributed by atoms with van der Waals surface area (Å²) in [6.45, 7) is 3.46. The van der Waals surface area contributed by atoms with E-state index in [9.17, 15) is 14.4 Å². The summed E-state index contributed by atoms with van der Waals surface area (Å²) < 4.78 is 23.1. The Morgan fingerprint density at radius 2 is 1.79 bits per heavy atom. The Morgan fingerprint density at radius 3 is 2.43 bits per heavy atom. The lowest BCUT2D eigenvalue weighted by Crippen LogP contribution is -2.40. The number of nitrogens with zero attached hydrogens (tertiary/aromatic N) is 4. The molecule has 0 aliphatic carbocycles. The molecule has 2 aromatic heterocycles. The van der Waals surface area contributed by atoms with Gasteiger partial charge in [-0.25, -0.2) is 9.97 Å². The summed E-state index contributed by atoms with van der Waals surface area (Å²) in [5, 5.41) is 0. The number of anilines is 1. The lowest BCUT2D eigenvalue weighted by atomic mass is 10.1. The summed E-state index contributed by atoms with van der Waals surface area (Å²) in [6, 6.07) is 0. The van der Waals surface area contributed by atoms with Crippen LogP contribution < -0.4 is 5.73 Å². The number of carbonyl (C=O) groups is 3. The van der Waals surface area contributed by atoms with E-state index in [0.717, 1.165) is 0 Å². The average molecular weight is 393 g/mol. The zero-order chi connectivity index (χ0) is 20.4. The molecule has 2 aromatic rings. The molecule has 28 heavy (non-hydrogen) atoms. The van der Waals surface area contributed by atoms with Crippen LogP contribution in [0.2, 0.25) is 0 Å². The Hall–Kier alpha value is -3.28. The first-order valence-corrected chi connectivity index (χ1v) is 8.34. The maximum atomic E-state index is 11.7. The summed E-state index contributed by atoms with van der Waals surface area (Å²) in [5.41, 5.74) is 6.43. The molecule has 0 amide bonds. The molecule has 2 N–H and O–H groups in total. The van der Waals surface area contributed by atoms with E-state index in [1.807, 2.05) is 0 Å². The van der Waals surface area contributed by atoms with Gasteiger partial charge in [0.05, 0.1) is 12.5 Å². The number of nitrogens with two attached hydrogens (primary N) is 1. The highest BCUT2D eigenvalue weighted by molar-refractivity contribution is 5.71. The number of carbonyl (C=O) groups excluding carboxylic acids is 3. The first kappa shape index (κ1) is 19.5. The molecular formula is C16H19N5O7. The van der Waals surface area contributed by atoms with Crippen molar-refractivity contribution in [1.29, 1.82) is 0 Å². The van der Waals surface area contributed by atoms with Gasteiger partial charge in [0.15, 0.2) is 24.1 Å². The molecule has 0 saturated carbocycles. The van der Waals surface area contributed by atoms with Gasteiger partial charge in [-0.05, 0) is 0 Å². The van der Waals surface area contributed by atoms with E-state index in [0.29, 0.717) is 11.2 Å². The van der Waals surface area contributed by atoms with E-state index in [4.69, 9.17) is 24.7 Å². The lowest BCUT2D eigenvalue weighted by molar-refractivity contribution is -0.166. The molecular weight excluding hydrogens is 374 g/mol. The molecule has 150 valence electrons. The Morgan fingerprint density at radius 1 is 1.11 bits per heavy atom. The molecule has 0 aromatic carbocycles. The van der Waals surface area contributed by atoms with Crippen molar-refractivity contribution in [3.05, 3.63) is 12.5 Å². The van der Waals surface area contributed by atoms with Crippen molar-refractivity contribution in [2.75, 3.05) is 12.3 Å². The smallest absolute Gasteiger partial charge is 0.303 e. The van der Waals surface area contributed by atoms with Crippen LogP contribution in [0.25, 0.3) is 11.2 Å². The van der Waals surface area contributed by atoms with E-state index in [2.05, 4.69) is 15.0 Å². The summed E-state index contributed by atoms with van der Waals surface area (Å²) in [7, 11) is 0. The fraction of sp³-hybridized carbons (Fsp3) is 0.500. The molecule has 4 atom stereocenters. The van der Waals surface area contributed by atoms with Crippen LogP contribution in [-0.4, -0.2) is 62.3 Å². The van der Waals surface area contributed by atoms with Crippen LogP contribution in [0.15, 0.2) is 12.5 Å². The Balaban J connectivity index is 2.00. The molecule has 12 nitrogen and oxygen atoms in total. The highest BCUT2D eigenvalue weighted by Gasteiger charge is 2.51. The molecule has 3 heterocycles. The summed E-state index contributed by atoms with van der Waals surface area (Å²) in [4.78, 5) is 46.6. The van der Waals surface area contributed by atoms with Gasteiger partial charge in [-0.15, -0.1) is 0 Å². The van der Waals surface area contributed by atoms with E-state index in [1.165, 1.54) is 37.9 Å². The van der Waals surface area contributed by atoms with Gasteiger partial charge in [0.25, 0.3) is 0 Å². The normalized spacial score (nSPS) is 24.1. The van der Waals surface area contributed by atoms with Gasteiger partial charge >= 0.3 is 17.9 Å². The molecule has 0 unspecified atom stereocenters. The van der Waals surface area contributed by atoms with E-state index in [1.54, 1.807) is 0 Å². The molecule has 3 rings (SSSR count). The standard InChI is InChI=1S/C16H19N5O7/c1-7(22)25-5-11-12(26-8(2)23)13(27-9(3)24)15(28-11)21-6-19-10-4-18-16(17)20-14(10)21/h4,6,11-13,15H,5H2,1-3H3,(H2,17,18,20)/t11-,12+,13+,15-/m1/s1. The zero-order valence-electron chi connectivity index (χ0n) is 15.4. The number of fused-ring (bicyclic) bond motifs is 1. The lowest BCUT2D eigenvalue weighted by Gasteiger charge is -2.23. The highest BCUT2D eigenvalue weighted by atomic mass is 16.7. The quantitative estimate of drug-likeness (QED) is 0.526. The Labute approximate surface area is 158 Å². The van der Waals surface area contributed by atoms with Crippen LogP contribution in [0.3, 0.4) is 0 Å². The first-order valence-electron chi connectivity index (χ1n) is 8.34. The first-order chi connectivity index (χ1) is 13.3. The zero-order valence-corrected chi connectivity index (χ0v) is 15.4. The number of nitrogen functional groups attached to an aromatic ring is 1. The van der Waals surface area contributed by atoms with Crippen molar-refractivity contribution < 1.29 is 33.3 Å². The van der Waals surface area contributed by atoms with E-state index < -0.39 is 42.4 Å². The second-order valence-corrected chi connectivity index (χ2v) is 6.10. The largest absolute Gasteiger partial charge is 0.463 e. The minimum Gasteiger partial charge on any atom is -0.463 e. The summed E-state index contributed by atoms with van der Waals surface area (Å²) >= 11 is 0. The number of ether oxygens (including phenoxy) is 4. The van der Waals surface area contributed by atoms with Gasteiger partial charge in [0.2, 0.25) is 5.95 Å². The number of hydrogen-bond acceptors (Lipinski definition) is 11. The third-order valence-corrected chi connectivity index (χ3v) is 3.95. The number of esters is 3. The number of hydrogen-bond donors (Lipinski definition) is 1. The number of aromatic nitrogens is 4. The molecule has 0 bridgehead atoms. The van der Waals surface area contributed by atoms with Crippen molar-refractivity contribution in [1.82, 2.24) is 19.5 Å². The van der Waals surface area contributed by atoms with Crippen LogP contribution in [0.1, 0.15) is 27.0 Å². The molecule has 1 saturated heterocycles. The molecule has 0 spiro atoms. The van der Waals surface area contributed by atoms with Crippen LogP contribution in [0.4, 0.5) is 5.95 Å². The van der Waals surface area contributed by atoms with Gasteiger partial charge in [0, 0.05) is 20.8 Å². The van der Waals surface area contributed by atoms with Crippen LogP contribution in [-0.2, 0) is 33.3 Å². The van der Waals surface area contributed by atoms with E-state index >= 15 is 0 Å². The van der Waals surface area contributed by atoms with Gasteiger partial charge < -0.3 is 24.7 Å². The van der Waals surface area contributed by atoms with Crippen LogP contribution in [0.5, 0.6) is 0 Å². The molecule has 12 heteroatoms. The van der Waals surface area contributed by atoms with Gasteiger partial charge in [0.1, 0.15) is 18.2 Å². The second kappa shape index (κ2) is 7.76. The second-order valence-electron chi connectivity index (χ2n) is 6.10. The predicted molar refractivity (Wildman–Crippen MR) is 91.4 cm³/mol. The van der Waals surface area contributed by atoms with Crippen LogP contribution in [0, 0.1) is 0 Å². The fourth-order valence-corrected chi connectivity index (χ4v) is 2.94. The van der Waals surface area contributed by atoms with Crippen molar-refractivity contribution >= 4 is 35.0 Å². The minimum atomic E-state index is -1.03. The molecule has 1 aliphatic rings. The highest BCUT2D eigenvalue weighted by Crippen LogP contribution is 2.35. The molecule has 1 aliphatic heterocycles. The molecule has 0 radical (unpaired) electrons. The van der Waals surface area contributed by atoms with Gasteiger partial charge in [-0.3, -0.25) is 19.0 Å². The fourth-order valence-electron chi connectivity index (χ4n) is 2.94. The average Bonchev–Trinajstić information content (AvgIpc) is 3.14. The topological polar surface area (TPSA) is 158 Å². The maximum Gasteiger partial charge on any atom is 0.303 e. The van der Waals surface area contributed by atoms with Gasteiger partial charge in [-0.2, -0.15) is 4.98 Å². The van der Waals surface area contributed by atoms with Crippen molar-refractivity contribution in [2.24, 2.45) is 0 Å². The number of imidazole rings is 1.